The van der Waals surface area contributed by atoms with Gasteiger partial charge >= 0.3 is 11.9 Å². The van der Waals surface area contributed by atoms with Crippen LogP contribution in [0.5, 0.6) is 0 Å². The number of ether oxygens (including phenoxy) is 2. The first-order valence-electron chi connectivity index (χ1n) is 12.0. The van der Waals surface area contributed by atoms with E-state index in [1.807, 2.05) is 6.92 Å². The second-order valence-electron chi connectivity index (χ2n) is 11.2. The molecule has 0 saturated heterocycles. The van der Waals surface area contributed by atoms with Crippen molar-refractivity contribution >= 4 is 33.7 Å². The number of rotatable bonds is 3. The summed E-state index contributed by atoms with van der Waals surface area (Å²) in [4.78, 5) is 37.0. The van der Waals surface area contributed by atoms with E-state index in [1.54, 1.807) is 0 Å². The second-order valence-corrected chi connectivity index (χ2v) is 12.5. The molecular weight excluding hydrogens is 460 g/mol. The Morgan fingerprint density at radius 1 is 1.03 bits per heavy atom. The number of Topliss-reactive ketones (excluding diaryl/α,β-unsaturated/α-hetero) is 1. The summed E-state index contributed by atoms with van der Waals surface area (Å²) in [5.41, 5.74) is -0.239. The van der Waals surface area contributed by atoms with Gasteiger partial charge in [0.2, 0.25) is 0 Å². The maximum Gasteiger partial charge on any atom is 0.302 e. The molecule has 0 aromatic heterocycles. The lowest BCUT2D eigenvalue weighted by Crippen LogP contribution is -2.67. The van der Waals surface area contributed by atoms with Crippen LogP contribution in [-0.2, 0) is 23.9 Å². The summed E-state index contributed by atoms with van der Waals surface area (Å²) in [6.07, 6.45) is 7.17. The van der Waals surface area contributed by atoms with Crippen LogP contribution in [0.15, 0.2) is 0 Å². The maximum atomic E-state index is 14.0. The molecule has 31 heavy (non-hydrogen) atoms. The fourth-order valence-electron chi connectivity index (χ4n) is 8.43. The Kier molecular flexibility index (Phi) is 5.89. The van der Waals surface area contributed by atoms with E-state index in [1.165, 1.54) is 13.8 Å². The van der Waals surface area contributed by atoms with Gasteiger partial charge < -0.3 is 9.47 Å². The van der Waals surface area contributed by atoms with Gasteiger partial charge in [-0.2, -0.15) is 0 Å². The van der Waals surface area contributed by atoms with E-state index in [9.17, 15) is 14.4 Å². The molecule has 0 radical (unpaired) electrons. The van der Waals surface area contributed by atoms with E-state index in [4.69, 9.17) is 9.47 Å². The number of alkyl halides is 1. The van der Waals surface area contributed by atoms with Crippen molar-refractivity contribution < 1.29 is 23.9 Å². The second kappa shape index (κ2) is 7.85. The molecule has 4 aliphatic carbocycles. The first kappa shape index (κ1) is 23.3. The Bertz CT molecular complexity index is 782. The lowest BCUT2D eigenvalue weighted by Gasteiger charge is -2.64. The maximum absolute atomic E-state index is 14.0. The van der Waals surface area contributed by atoms with Crippen molar-refractivity contribution in [3.05, 3.63) is 0 Å². The van der Waals surface area contributed by atoms with Gasteiger partial charge in [0, 0.05) is 26.2 Å². The van der Waals surface area contributed by atoms with Gasteiger partial charge in [0.25, 0.3) is 0 Å². The van der Waals surface area contributed by atoms with E-state index >= 15 is 0 Å². The summed E-state index contributed by atoms with van der Waals surface area (Å²) in [6, 6.07) is 0. The van der Waals surface area contributed by atoms with Crippen molar-refractivity contribution in [1.29, 1.82) is 0 Å². The third kappa shape index (κ3) is 3.41. The lowest BCUT2D eigenvalue weighted by atomic mass is 9.44. The molecule has 9 atom stereocenters. The van der Waals surface area contributed by atoms with Gasteiger partial charge in [-0.15, -0.1) is 0 Å². The molecule has 174 valence electrons. The minimum atomic E-state index is -0.506. The fraction of sp³-hybridized carbons (Fsp3) is 0.880. The number of esters is 2. The molecule has 0 aromatic carbocycles. The Morgan fingerprint density at radius 2 is 1.71 bits per heavy atom. The monoisotopic (exact) mass is 496 g/mol. The Hall–Kier alpha value is -0.910. The summed E-state index contributed by atoms with van der Waals surface area (Å²) in [7, 11) is 0. The molecule has 0 aromatic rings. The van der Waals surface area contributed by atoms with Crippen LogP contribution < -0.4 is 0 Å². The summed E-state index contributed by atoms with van der Waals surface area (Å²) in [5.74, 6) is 1.25. The zero-order valence-electron chi connectivity index (χ0n) is 19.5. The van der Waals surface area contributed by atoms with Crippen molar-refractivity contribution in [2.45, 2.75) is 103 Å². The van der Waals surface area contributed by atoms with Crippen LogP contribution in [0.3, 0.4) is 0 Å². The number of fused-ring (bicyclic) bond motifs is 5. The minimum Gasteiger partial charge on any atom is -0.463 e. The standard InChI is InChI=1S/C25H37BrO5/c1-14(30-15(2)27)19-8-9-20-21-7-6-17-12-18(31-16(3)28)10-11-24(17,5)25(21,26)22(29)13-23(19,20)4/h14,17-21H,6-13H2,1-5H3/t14-,17+,18-,19-,20+,21-,23+,24-,25+/m1/s1. The normalized spacial score (nSPS) is 47.5. The van der Waals surface area contributed by atoms with E-state index < -0.39 is 4.32 Å². The molecule has 6 heteroatoms. The van der Waals surface area contributed by atoms with Gasteiger partial charge in [-0.25, -0.2) is 0 Å². The molecule has 0 heterocycles. The van der Waals surface area contributed by atoms with Crippen molar-refractivity contribution in [3.63, 3.8) is 0 Å². The molecule has 0 amide bonds. The smallest absolute Gasteiger partial charge is 0.302 e. The quantitative estimate of drug-likeness (QED) is 0.395. The van der Waals surface area contributed by atoms with Crippen molar-refractivity contribution in [3.8, 4) is 0 Å². The number of carbonyl (C=O) groups excluding carboxylic acids is 3. The molecule has 0 aliphatic heterocycles. The largest absolute Gasteiger partial charge is 0.463 e. The number of hydrogen-bond donors (Lipinski definition) is 0. The van der Waals surface area contributed by atoms with E-state index in [0.717, 1.165) is 44.9 Å². The van der Waals surface area contributed by atoms with Gasteiger partial charge in [0.15, 0.2) is 5.78 Å². The van der Waals surface area contributed by atoms with Gasteiger partial charge in [-0.1, -0.05) is 29.8 Å². The Balaban J connectivity index is 1.62. The lowest BCUT2D eigenvalue weighted by molar-refractivity contribution is -0.165. The third-order valence-electron chi connectivity index (χ3n) is 9.77. The van der Waals surface area contributed by atoms with Crippen molar-refractivity contribution in [1.82, 2.24) is 0 Å². The predicted octanol–water partition coefficient (Wildman–Crippen LogP) is 5.23. The summed E-state index contributed by atoms with van der Waals surface area (Å²) in [6.45, 7) is 9.52. The first-order valence-corrected chi connectivity index (χ1v) is 12.8. The highest BCUT2D eigenvalue weighted by Crippen LogP contribution is 2.71. The Morgan fingerprint density at radius 3 is 2.35 bits per heavy atom. The van der Waals surface area contributed by atoms with Gasteiger partial charge in [-0.3, -0.25) is 14.4 Å². The summed E-state index contributed by atoms with van der Waals surface area (Å²) >= 11 is 4.12. The average Bonchev–Trinajstić information content (AvgIpc) is 2.99. The zero-order valence-corrected chi connectivity index (χ0v) is 21.1. The topological polar surface area (TPSA) is 69.7 Å². The summed E-state index contributed by atoms with van der Waals surface area (Å²) in [5, 5.41) is 0. The van der Waals surface area contributed by atoms with Crippen LogP contribution in [0.1, 0.15) is 86.0 Å². The zero-order chi connectivity index (χ0) is 22.8. The summed E-state index contributed by atoms with van der Waals surface area (Å²) < 4.78 is 10.6. The van der Waals surface area contributed by atoms with E-state index in [2.05, 4.69) is 29.8 Å². The van der Waals surface area contributed by atoms with Crippen LogP contribution in [0.4, 0.5) is 0 Å². The highest BCUT2D eigenvalue weighted by atomic mass is 79.9. The van der Waals surface area contributed by atoms with E-state index in [-0.39, 0.29) is 40.9 Å². The molecule has 0 N–H and O–H groups in total. The van der Waals surface area contributed by atoms with Crippen molar-refractivity contribution in [2.24, 2.45) is 34.5 Å². The minimum absolute atomic E-state index is 0.0207. The average molecular weight is 497 g/mol. The van der Waals surface area contributed by atoms with Crippen molar-refractivity contribution in [2.75, 3.05) is 0 Å². The fourth-order valence-corrected chi connectivity index (χ4v) is 9.64. The molecule has 5 nitrogen and oxygen atoms in total. The third-order valence-corrected chi connectivity index (χ3v) is 11.7. The van der Waals surface area contributed by atoms with Gasteiger partial charge in [0.05, 0.1) is 4.32 Å². The SMILES string of the molecule is CC(=O)O[C@@H]1CC[C@]2(C)[C@@H](CC[C@@H]3[C@@H]4CC[C@H]([C@@H](C)OC(C)=O)[C@]4(C)CC(=O)[C@@]32Br)C1. The molecular formula is C25H37BrO5. The molecule has 0 unspecified atom stereocenters. The van der Waals surface area contributed by atoms with Crippen LogP contribution in [0, 0.1) is 34.5 Å². The highest BCUT2D eigenvalue weighted by molar-refractivity contribution is 9.10. The highest BCUT2D eigenvalue weighted by Gasteiger charge is 2.70. The molecule has 4 saturated carbocycles. The molecule has 0 spiro atoms. The first-order chi connectivity index (χ1) is 14.4. The van der Waals surface area contributed by atoms with Crippen LogP contribution >= 0.6 is 15.9 Å². The van der Waals surface area contributed by atoms with E-state index in [0.29, 0.717) is 30.0 Å². The van der Waals surface area contributed by atoms with Gasteiger partial charge in [0.1, 0.15) is 12.2 Å². The number of carbonyl (C=O) groups is 3. The number of halogens is 1. The van der Waals surface area contributed by atoms with Crippen LogP contribution in [-0.4, -0.2) is 34.3 Å². The molecule has 4 aliphatic rings. The van der Waals surface area contributed by atoms with Crippen LogP contribution in [0.2, 0.25) is 0 Å². The predicted molar refractivity (Wildman–Crippen MR) is 121 cm³/mol. The molecule has 4 fully saturated rings. The van der Waals surface area contributed by atoms with Gasteiger partial charge in [-0.05, 0) is 80.5 Å². The Labute approximate surface area is 194 Å². The van der Waals surface area contributed by atoms with Crippen LogP contribution in [0.25, 0.3) is 0 Å². The number of hydrogen-bond acceptors (Lipinski definition) is 5. The number of ketones is 1. The molecule has 4 rings (SSSR count). The molecule has 0 bridgehead atoms.